The Morgan fingerprint density at radius 1 is 1.43 bits per heavy atom. The maximum atomic E-state index is 11.5. The molecular formula is C11H16N2O. The Hall–Kier alpha value is -1.35. The van der Waals surface area contributed by atoms with Crippen LogP contribution in [-0.4, -0.2) is 18.4 Å². The fourth-order valence-electron chi connectivity index (χ4n) is 1.27. The van der Waals surface area contributed by atoms with Gasteiger partial charge in [0.15, 0.2) is 5.78 Å². The number of carbonyl (C=O) groups is 1. The summed E-state index contributed by atoms with van der Waals surface area (Å²) >= 11 is 0. The molecule has 0 saturated carbocycles. The highest BCUT2D eigenvalue weighted by molar-refractivity contribution is 6.02. The van der Waals surface area contributed by atoms with Crippen LogP contribution in [0.3, 0.4) is 0 Å². The molecule has 1 aromatic rings. The topological polar surface area (TPSA) is 55.1 Å². The fraction of sp³-hybridized carbons (Fsp3) is 0.364. The molecule has 0 saturated heterocycles. The van der Waals surface area contributed by atoms with Crippen LogP contribution in [0.15, 0.2) is 24.3 Å². The summed E-state index contributed by atoms with van der Waals surface area (Å²) < 4.78 is 0. The summed E-state index contributed by atoms with van der Waals surface area (Å²) in [6, 6.07) is 7.73. The molecule has 0 bridgehead atoms. The van der Waals surface area contributed by atoms with E-state index in [-0.39, 0.29) is 12.3 Å². The highest BCUT2D eigenvalue weighted by Gasteiger charge is 2.08. The minimum atomic E-state index is -0.0336. The van der Waals surface area contributed by atoms with E-state index >= 15 is 0 Å². The maximum Gasteiger partial charge on any atom is 0.178 e. The van der Waals surface area contributed by atoms with Crippen molar-refractivity contribution < 1.29 is 4.79 Å². The third-order valence-electron chi connectivity index (χ3n) is 1.86. The average molecular weight is 192 g/mol. The second-order valence-electron chi connectivity index (χ2n) is 3.47. The van der Waals surface area contributed by atoms with Gasteiger partial charge in [0.25, 0.3) is 0 Å². The van der Waals surface area contributed by atoms with Gasteiger partial charge in [-0.3, -0.25) is 4.79 Å². The van der Waals surface area contributed by atoms with E-state index < -0.39 is 0 Å². The lowest BCUT2D eigenvalue weighted by Gasteiger charge is -2.13. The maximum absolute atomic E-state index is 11.5. The van der Waals surface area contributed by atoms with E-state index in [1.165, 1.54) is 0 Å². The van der Waals surface area contributed by atoms with Gasteiger partial charge in [-0.1, -0.05) is 12.1 Å². The van der Waals surface area contributed by atoms with Crippen molar-refractivity contribution >= 4 is 11.5 Å². The molecule has 3 heteroatoms. The molecule has 1 rings (SSSR count). The van der Waals surface area contributed by atoms with Gasteiger partial charge in [0.05, 0.1) is 6.54 Å². The SMILES string of the molecule is CC(C)Nc1ccccc1C(=O)CN. The van der Waals surface area contributed by atoms with Crippen LogP contribution in [0.25, 0.3) is 0 Å². The number of rotatable bonds is 4. The van der Waals surface area contributed by atoms with E-state index in [9.17, 15) is 4.79 Å². The number of hydrogen-bond acceptors (Lipinski definition) is 3. The largest absolute Gasteiger partial charge is 0.382 e. The Bertz CT molecular complexity index is 321. The molecule has 3 nitrogen and oxygen atoms in total. The van der Waals surface area contributed by atoms with E-state index in [4.69, 9.17) is 5.73 Å². The quantitative estimate of drug-likeness (QED) is 0.713. The Balaban J connectivity index is 2.97. The first-order chi connectivity index (χ1) is 6.65. The monoisotopic (exact) mass is 192 g/mol. The Morgan fingerprint density at radius 3 is 2.64 bits per heavy atom. The van der Waals surface area contributed by atoms with Gasteiger partial charge in [-0.2, -0.15) is 0 Å². The molecular weight excluding hydrogens is 176 g/mol. The summed E-state index contributed by atoms with van der Waals surface area (Å²) in [4.78, 5) is 11.5. The van der Waals surface area contributed by atoms with Gasteiger partial charge in [0.1, 0.15) is 0 Å². The molecule has 0 atom stereocenters. The predicted octanol–water partition coefficient (Wildman–Crippen LogP) is 1.65. The lowest BCUT2D eigenvalue weighted by molar-refractivity contribution is 0.100. The minimum Gasteiger partial charge on any atom is -0.382 e. The molecule has 0 unspecified atom stereocenters. The molecule has 76 valence electrons. The zero-order valence-corrected chi connectivity index (χ0v) is 8.58. The van der Waals surface area contributed by atoms with Gasteiger partial charge in [-0.15, -0.1) is 0 Å². The molecule has 0 aliphatic carbocycles. The van der Waals surface area contributed by atoms with Crippen LogP contribution in [0.5, 0.6) is 0 Å². The summed E-state index contributed by atoms with van der Waals surface area (Å²) in [5.74, 6) is -0.0336. The van der Waals surface area contributed by atoms with Gasteiger partial charge in [0.2, 0.25) is 0 Å². The van der Waals surface area contributed by atoms with Gasteiger partial charge < -0.3 is 11.1 Å². The van der Waals surface area contributed by atoms with Crippen molar-refractivity contribution in [2.75, 3.05) is 11.9 Å². The summed E-state index contributed by atoms with van der Waals surface area (Å²) in [5.41, 5.74) is 6.86. The first-order valence-corrected chi connectivity index (χ1v) is 4.74. The van der Waals surface area contributed by atoms with Crippen molar-refractivity contribution in [3.63, 3.8) is 0 Å². The van der Waals surface area contributed by atoms with Crippen molar-refractivity contribution in [3.8, 4) is 0 Å². The summed E-state index contributed by atoms with van der Waals surface area (Å²) in [6.07, 6.45) is 0. The normalized spacial score (nSPS) is 10.3. The number of benzene rings is 1. The van der Waals surface area contributed by atoms with Crippen LogP contribution >= 0.6 is 0 Å². The zero-order chi connectivity index (χ0) is 10.6. The smallest absolute Gasteiger partial charge is 0.178 e. The molecule has 0 amide bonds. The van der Waals surface area contributed by atoms with Crippen molar-refractivity contribution in [2.45, 2.75) is 19.9 Å². The van der Waals surface area contributed by atoms with E-state index in [1.54, 1.807) is 6.07 Å². The molecule has 3 N–H and O–H groups in total. The Labute approximate surface area is 84.3 Å². The predicted molar refractivity (Wildman–Crippen MR) is 58.6 cm³/mol. The molecule has 0 aromatic heterocycles. The van der Waals surface area contributed by atoms with Crippen LogP contribution in [0, 0.1) is 0 Å². The molecule has 0 fully saturated rings. The number of carbonyl (C=O) groups excluding carboxylic acids is 1. The molecule has 0 radical (unpaired) electrons. The number of Topliss-reactive ketones (excluding diaryl/α,β-unsaturated/α-hetero) is 1. The van der Waals surface area contributed by atoms with Crippen molar-refractivity contribution in [1.29, 1.82) is 0 Å². The lowest BCUT2D eigenvalue weighted by atomic mass is 10.1. The van der Waals surface area contributed by atoms with E-state index in [1.807, 2.05) is 32.0 Å². The number of ketones is 1. The second kappa shape index (κ2) is 4.77. The van der Waals surface area contributed by atoms with E-state index in [0.717, 1.165) is 5.69 Å². The lowest BCUT2D eigenvalue weighted by Crippen LogP contribution is -2.18. The summed E-state index contributed by atoms with van der Waals surface area (Å²) in [6.45, 7) is 4.12. The number of nitrogens with one attached hydrogen (secondary N) is 1. The van der Waals surface area contributed by atoms with Crippen LogP contribution in [-0.2, 0) is 0 Å². The fourth-order valence-corrected chi connectivity index (χ4v) is 1.27. The van der Waals surface area contributed by atoms with E-state index in [0.29, 0.717) is 11.6 Å². The summed E-state index contributed by atoms with van der Waals surface area (Å²) in [5, 5.41) is 3.21. The van der Waals surface area contributed by atoms with Gasteiger partial charge in [0, 0.05) is 17.3 Å². The molecule has 0 aliphatic heterocycles. The van der Waals surface area contributed by atoms with Crippen molar-refractivity contribution in [1.82, 2.24) is 0 Å². The first-order valence-electron chi connectivity index (χ1n) is 4.74. The summed E-state index contributed by atoms with van der Waals surface area (Å²) in [7, 11) is 0. The minimum absolute atomic E-state index is 0.0336. The standard InChI is InChI=1S/C11H16N2O/c1-8(2)13-10-6-4-3-5-9(10)11(14)7-12/h3-6,8,13H,7,12H2,1-2H3. The van der Waals surface area contributed by atoms with Crippen LogP contribution in [0.1, 0.15) is 24.2 Å². The van der Waals surface area contributed by atoms with Gasteiger partial charge in [-0.05, 0) is 26.0 Å². The molecule has 0 aliphatic rings. The van der Waals surface area contributed by atoms with Crippen molar-refractivity contribution in [2.24, 2.45) is 5.73 Å². The Kier molecular flexibility index (Phi) is 3.65. The van der Waals surface area contributed by atoms with Crippen molar-refractivity contribution in [3.05, 3.63) is 29.8 Å². The van der Waals surface area contributed by atoms with Crippen LogP contribution < -0.4 is 11.1 Å². The second-order valence-corrected chi connectivity index (χ2v) is 3.47. The van der Waals surface area contributed by atoms with Gasteiger partial charge >= 0.3 is 0 Å². The molecule has 0 spiro atoms. The number of hydrogen-bond donors (Lipinski definition) is 2. The third kappa shape index (κ3) is 2.57. The van der Waals surface area contributed by atoms with Gasteiger partial charge in [-0.25, -0.2) is 0 Å². The molecule has 14 heavy (non-hydrogen) atoms. The highest BCUT2D eigenvalue weighted by Crippen LogP contribution is 2.16. The zero-order valence-electron chi connectivity index (χ0n) is 8.58. The van der Waals surface area contributed by atoms with Crippen LogP contribution in [0.4, 0.5) is 5.69 Å². The number of para-hydroxylation sites is 1. The first kappa shape index (κ1) is 10.7. The average Bonchev–Trinajstić information content (AvgIpc) is 2.16. The molecule has 1 aromatic carbocycles. The Morgan fingerprint density at radius 2 is 2.07 bits per heavy atom. The third-order valence-corrected chi connectivity index (χ3v) is 1.86. The highest BCUT2D eigenvalue weighted by atomic mass is 16.1. The van der Waals surface area contributed by atoms with E-state index in [2.05, 4.69) is 5.32 Å². The molecule has 0 heterocycles. The number of anilines is 1. The van der Waals surface area contributed by atoms with Crippen LogP contribution in [0.2, 0.25) is 0 Å². The number of nitrogens with two attached hydrogens (primary N) is 1.